The average molecular weight is 301 g/mol. The molecule has 0 spiro atoms. The van der Waals surface area contributed by atoms with E-state index in [1.165, 1.54) is 19.4 Å². The molecule has 0 aromatic carbocycles. The van der Waals surface area contributed by atoms with Gasteiger partial charge in [0, 0.05) is 25.2 Å². The van der Waals surface area contributed by atoms with Gasteiger partial charge in [-0.05, 0) is 38.1 Å². The maximum Gasteiger partial charge on any atom is 0.175 e. The maximum absolute atomic E-state index is 6.09. The van der Waals surface area contributed by atoms with Crippen LogP contribution in [-0.2, 0) is 0 Å². The summed E-state index contributed by atoms with van der Waals surface area (Å²) in [5.41, 5.74) is 0.905. The Labute approximate surface area is 123 Å². The van der Waals surface area contributed by atoms with Crippen molar-refractivity contribution >= 4 is 28.9 Å². The summed E-state index contributed by atoms with van der Waals surface area (Å²) in [6.07, 6.45) is 5.09. The highest BCUT2D eigenvalue weighted by molar-refractivity contribution is 6.33. The summed E-state index contributed by atoms with van der Waals surface area (Å²) < 4.78 is 0. The van der Waals surface area contributed by atoms with Crippen molar-refractivity contribution in [2.24, 2.45) is 5.92 Å². The number of nitrogens with one attached hydrogen (secondary N) is 1. The number of aromatic nitrogens is 2. The third-order valence-electron chi connectivity index (χ3n) is 3.93. The van der Waals surface area contributed by atoms with E-state index in [4.69, 9.17) is 23.2 Å². The molecule has 1 aliphatic carbocycles. The minimum absolute atomic E-state index is 0.397. The second-order valence-corrected chi connectivity index (χ2v) is 6.20. The van der Waals surface area contributed by atoms with Gasteiger partial charge in [0.05, 0.1) is 5.69 Å². The van der Waals surface area contributed by atoms with Crippen LogP contribution in [0, 0.1) is 5.92 Å². The lowest BCUT2D eigenvalue weighted by Crippen LogP contribution is -2.43. The highest BCUT2D eigenvalue weighted by Crippen LogP contribution is 2.30. The smallest absolute Gasteiger partial charge is 0.175 e. The van der Waals surface area contributed by atoms with Gasteiger partial charge in [0.15, 0.2) is 10.3 Å². The fourth-order valence-electron chi connectivity index (χ4n) is 2.55. The third kappa shape index (κ3) is 3.50. The molecule has 1 saturated heterocycles. The summed E-state index contributed by atoms with van der Waals surface area (Å²) in [5.74, 6) is 0.940. The second-order valence-electron chi connectivity index (χ2n) is 5.46. The molecule has 1 aromatic rings. The Morgan fingerprint density at radius 1 is 1.16 bits per heavy atom. The van der Waals surface area contributed by atoms with Gasteiger partial charge in [-0.1, -0.05) is 23.2 Å². The summed E-state index contributed by atoms with van der Waals surface area (Å²) in [4.78, 5) is 2.25. The summed E-state index contributed by atoms with van der Waals surface area (Å²) >= 11 is 12.0. The Morgan fingerprint density at radius 3 is 2.58 bits per heavy atom. The van der Waals surface area contributed by atoms with Crippen LogP contribution in [-0.4, -0.2) is 35.9 Å². The number of piperidine rings is 1. The fourth-order valence-corrected chi connectivity index (χ4v) is 2.90. The van der Waals surface area contributed by atoms with Crippen molar-refractivity contribution in [2.45, 2.75) is 31.7 Å². The predicted octanol–water partition coefficient (Wildman–Crippen LogP) is 2.75. The van der Waals surface area contributed by atoms with Gasteiger partial charge in [-0.25, -0.2) is 0 Å². The largest absolute Gasteiger partial charge is 0.369 e. The molecule has 6 heteroatoms. The molecule has 4 nitrogen and oxygen atoms in total. The van der Waals surface area contributed by atoms with Gasteiger partial charge in [-0.2, -0.15) is 0 Å². The molecule has 0 unspecified atom stereocenters. The number of hydrogen-bond donors (Lipinski definition) is 1. The number of halogens is 2. The van der Waals surface area contributed by atoms with Crippen molar-refractivity contribution in [3.8, 4) is 0 Å². The zero-order valence-electron chi connectivity index (χ0n) is 10.8. The Hall–Kier alpha value is -0.580. The standard InChI is InChI=1S/C13H18Cl2N4/c14-12-7-11(13(15)18-17-12)19-5-3-10(4-6-19)16-8-9-1-2-9/h7,9-10,16H,1-6,8H2. The van der Waals surface area contributed by atoms with E-state index in [1.807, 2.05) is 0 Å². The molecule has 2 fully saturated rings. The highest BCUT2D eigenvalue weighted by Gasteiger charge is 2.25. The van der Waals surface area contributed by atoms with Crippen LogP contribution >= 0.6 is 23.2 Å². The van der Waals surface area contributed by atoms with Crippen LogP contribution < -0.4 is 10.2 Å². The van der Waals surface area contributed by atoms with Crippen LogP contribution in [0.25, 0.3) is 0 Å². The van der Waals surface area contributed by atoms with Crippen LogP contribution in [0.2, 0.25) is 10.3 Å². The van der Waals surface area contributed by atoms with E-state index in [0.29, 0.717) is 16.3 Å². The molecular formula is C13H18Cl2N4. The SMILES string of the molecule is Clc1cc(N2CCC(NCC3CC3)CC2)c(Cl)nn1. The van der Waals surface area contributed by atoms with E-state index >= 15 is 0 Å². The lowest BCUT2D eigenvalue weighted by Gasteiger charge is -2.34. The van der Waals surface area contributed by atoms with E-state index in [-0.39, 0.29) is 0 Å². The average Bonchev–Trinajstić information content (AvgIpc) is 3.24. The molecule has 19 heavy (non-hydrogen) atoms. The summed E-state index contributed by atoms with van der Waals surface area (Å²) in [6, 6.07) is 2.44. The predicted molar refractivity (Wildman–Crippen MR) is 78.0 cm³/mol. The highest BCUT2D eigenvalue weighted by atomic mass is 35.5. The maximum atomic E-state index is 6.09. The van der Waals surface area contributed by atoms with Crippen LogP contribution in [0.4, 0.5) is 5.69 Å². The quantitative estimate of drug-likeness (QED) is 0.928. The molecule has 3 rings (SSSR count). The molecule has 2 heterocycles. The van der Waals surface area contributed by atoms with E-state index < -0.39 is 0 Å². The van der Waals surface area contributed by atoms with Crippen LogP contribution in [0.5, 0.6) is 0 Å². The van der Waals surface area contributed by atoms with Gasteiger partial charge in [0.2, 0.25) is 0 Å². The van der Waals surface area contributed by atoms with Crippen molar-refractivity contribution in [3.05, 3.63) is 16.4 Å². The molecule has 0 radical (unpaired) electrons. The van der Waals surface area contributed by atoms with E-state index in [9.17, 15) is 0 Å². The molecule has 2 aliphatic rings. The third-order valence-corrected chi connectivity index (χ3v) is 4.38. The van der Waals surface area contributed by atoms with Crippen LogP contribution in [0.1, 0.15) is 25.7 Å². The Kier molecular flexibility index (Phi) is 4.10. The lowest BCUT2D eigenvalue weighted by atomic mass is 10.0. The van der Waals surface area contributed by atoms with Crippen molar-refractivity contribution in [2.75, 3.05) is 24.5 Å². The molecule has 1 N–H and O–H groups in total. The Bertz CT molecular complexity index is 442. The van der Waals surface area contributed by atoms with Gasteiger partial charge >= 0.3 is 0 Å². The zero-order chi connectivity index (χ0) is 13.2. The van der Waals surface area contributed by atoms with Crippen LogP contribution in [0.3, 0.4) is 0 Å². The molecule has 0 bridgehead atoms. The first kappa shape index (κ1) is 13.4. The summed E-state index contributed by atoms with van der Waals surface area (Å²) in [6.45, 7) is 3.17. The van der Waals surface area contributed by atoms with Crippen molar-refractivity contribution in [1.29, 1.82) is 0 Å². The first-order chi connectivity index (χ1) is 9.22. The minimum Gasteiger partial charge on any atom is -0.369 e. The normalized spacial score (nSPS) is 20.8. The molecule has 1 aliphatic heterocycles. The van der Waals surface area contributed by atoms with Gasteiger partial charge in [0.25, 0.3) is 0 Å². The zero-order valence-corrected chi connectivity index (χ0v) is 12.3. The van der Waals surface area contributed by atoms with Crippen molar-refractivity contribution in [1.82, 2.24) is 15.5 Å². The molecular weight excluding hydrogens is 283 g/mol. The molecule has 1 aromatic heterocycles. The van der Waals surface area contributed by atoms with Crippen molar-refractivity contribution in [3.63, 3.8) is 0 Å². The molecule has 0 atom stereocenters. The Balaban J connectivity index is 1.55. The van der Waals surface area contributed by atoms with Crippen LogP contribution in [0.15, 0.2) is 6.07 Å². The minimum atomic E-state index is 0.397. The van der Waals surface area contributed by atoms with Gasteiger partial charge < -0.3 is 10.2 Å². The van der Waals surface area contributed by atoms with Crippen molar-refractivity contribution < 1.29 is 0 Å². The number of hydrogen-bond acceptors (Lipinski definition) is 4. The fraction of sp³-hybridized carbons (Fsp3) is 0.692. The topological polar surface area (TPSA) is 41.0 Å². The number of nitrogens with zero attached hydrogens (tertiary/aromatic N) is 3. The number of rotatable bonds is 4. The van der Waals surface area contributed by atoms with Gasteiger partial charge in [-0.3, -0.25) is 0 Å². The monoisotopic (exact) mass is 300 g/mol. The second kappa shape index (κ2) is 5.81. The Morgan fingerprint density at radius 2 is 1.89 bits per heavy atom. The van der Waals surface area contributed by atoms with Gasteiger partial charge in [0.1, 0.15) is 0 Å². The summed E-state index contributed by atoms with van der Waals surface area (Å²) in [5, 5.41) is 12.1. The lowest BCUT2D eigenvalue weighted by molar-refractivity contribution is 0.408. The molecule has 104 valence electrons. The molecule has 0 amide bonds. The van der Waals surface area contributed by atoms with E-state index in [1.54, 1.807) is 6.07 Å². The van der Waals surface area contributed by atoms with E-state index in [0.717, 1.165) is 37.5 Å². The van der Waals surface area contributed by atoms with E-state index in [2.05, 4.69) is 20.4 Å². The molecule has 1 saturated carbocycles. The first-order valence-corrected chi connectivity index (χ1v) is 7.65. The van der Waals surface area contributed by atoms with Gasteiger partial charge in [-0.15, -0.1) is 10.2 Å². The first-order valence-electron chi connectivity index (χ1n) is 6.89. The number of anilines is 1. The summed E-state index contributed by atoms with van der Waals surface area (Å²) in [7, 11) is 0.